The monoisotopic (exact) mass is 380 g/mol. The van der Waals surface area contributed by atoms with Crippen LogP contribution in [0.2, 0.25) is 0 Å². The van der Waals surface area contributed by atoms with Crippen molar-refractivity contribution < 1.29 is 19.1 Å². The molecule has 4 rings (SSSR count). The van der Waals surface area contributed by atoms with Crippen molar-refractivity contribution in [3.63, 3.8) is 0 Å². The summed E-state index contributed by atoms with van der Waals surface area (Å²) in [6, 6.07) is 11.2. The molecular weight excluding hydrogens is 356 g/mol. The Balaban J connectivity index is 1.42. The second-order valence-corrected chi connectivity index (χ2v) is 7.27. The molecule has 0 bridgehead atoms. The van der Waals surface area contributed by atoms with Crippen molar-refractivity contribution in [2.75, 3.05) is 31.0 Å². The van der Waals surface area contributed by atoms with Crippen LogP contribution in [0.4, 0.5) is 11.4 Å². The first-order valence-electron chi connectivity index (χ1n) is 9.54. The summed E-state index contributed by atoms with van der Waals surface area (Å²) in [7, 11) is 3.15. The second-order valence-electron chi connectivity index (χ2n) is 7.27. The van der Waals surface area contributed by atoms with E-state index in [1.54, 1.807) is 20.3 Å². The van der Waals surface area contributed by atoms with Crippen LogP contribution in [0.1, 0.15) is 24.0 Å². The highest BCUT2D eigenvalue weighted by Gasteiger charge is 2.36. The number of hydrogen-bond acceptors (Lipinski definition) is 4. The van der Waals surface area contributed by atoms with Crippen LogP contribution in [-0.4, -0.2) is 32.6 Å². The highest BCUT2D eigenvalue weighted by molar-refractivity contribution is 5.99. The third kappa shape index (κ3) is 3.67. The average Bonchev–Trinajstić information content (AvgIpc) is 3.47. The molecule has 1 heterocycles. The van der Waals surface area contributed by atoms with Crippen molar-refractivity contribution in [3.8, 4) is 11.5 Å². The Kier molecular flexibility index (Phi) is 4.94. The van der Waals surface area contributed by atoms with Gasteiger partial charge in [-0.15, -0.1) is 0 Å². The molecule has 2 aliphatic rings. The molecule has 146 valence electrons. The van der Waals surface area contributed by atoms with Crippen LogP contribution >= 0.6 is 0 Å². The summed E-state index contributed by atoms with van der Waals surface area (Å²) < 4.78 is 10.5. The van der Waals surface area contributed by atoms with E-state index in [0.29, 0.717) is 11.5 Å². The summed E-state index contributed by atoms with van der Waals surface area (Å²) in [6.07, 6.45) is 3.08. The standard InChI is InChI=1S/C22H24N2O4/c1-27-19-8-3-14(11-20(19)28-2)12-21(25)23-17-6-7-18-16(13-17)9-10-24(18)22(26)15-4-5-15/h3,6-8,11,13,15H,4-5,9-10,12H2,1-2H3,(H,23,25). The molecule has 1 saturated carbocycles. The van der Waals surface area contributed by atoms with Crippen molar-refractivity contribution in [3.05, 3.63) is 47.5 Å². The maximum Gasteiger partial charge on any atom is 0.230 e. The summed E-state index contributed by atoms with van der Waals surface area (Å²) in [5.41, 5.74) is 3.69. The lowest BCUT2D eigenvalue weighted by molar-refractivity contribution is -0.119. The van der Waals surface area contributed by atoms with Gasteiger partial charge in [-0.2, -0.15) is 0 Å². The maximum absolute atomic E-state index is 12.5. The number of nitrogens with one attached hydrogen (secondary N) is 1. The molecule has 6 nitrogen and oxygen atoms in total. The molecule has 1 aliphatic carbocycles. The van der Waals surface area contributed by atoms with Crippen LogP contribution in [0.5, 0.6) is 11.5 Å². The molecule has 6 heteroatoms. The van der Waals surface area contributed by atoms with Gasteiger partial charge < -0.3 is 19.7 Å². The highest BCUT2D eigenvalue weighted by atomic mass is 16.5. The summed E-state index contributed by atoms with van der Waals surface area (Å²) in [5, 5.41) is 2.95. The van der Waals surface area contributed by atoms with Crippen LogP contribution in [0.3, 0.4) is 0 Å². The van der Waals surface area contributed by atoms with Gasteiger partial charge in [0, 0.05) is 23.8 Å². The fourth-order valence-corrected chi connectivity index (χ4v) is 3.64. The van der Waals surface area contributed by atoms with Crippen LogP contribution in [0.25, 0.3) is 0 Å². The third-order valence-electron chi connectivity index (χ3n) is 5.26. The number of methoxy groups -OCH3 is 2. The number of anilines is 2. The fourth-order valence-electron chi connectivity index (χ4n) is 3.64. The van der Waals surface area contributed by atoms with Gasteiger partial charge in [-0.25, -0.2) is 0 Å². The first kappa shape index (κ1) is 18.3. The first-order chi connectivity index (χ1) is 13.6. The highest BCUT2D eigenvalue weighted by Crippen LogP contribution is 2.37. The van der Waals surface area contributed by atoms with E-state index in [1.807, 2.05) is 35.2 Å². The maximum atomic E-state index is 12.5. The zero-order valence-corrected chi connectivity index (χ0v) is 16.2. The van der Waals surface area contributed by atoms with E-state index in [4.69, 9.17) is 9.47 Å². The summed E-state index contributed by atoms with van der Waals surface area (Å²) >= 11 is 0. The average molecular weight is 380 g/mol. The predicted molar refractivity (Wildman–Crippen MR) is 107 cm³/mol. The quantitative estimate of drug-likeness (QED) is 0.836. The van der Waals surface area contributed by atoms with Crippen LogP contribution < -0.4 is 19.7 Å². The Morgan fingerprint density at radius 1 is 1.07 bits per heavy atom. The van der Waals surface area contributed by atoms with Crippen molar-refractivity contribution in [2.45, 2.75) is 25.7 Å². The lowest BCUT2D eigenvalue weighted by atomic mass is 10.1. The van der Waals surface area contributed by atoms with E-state index in [9.17, 15) is 9.59 Å². The molecular formula is C22H24N2O4. The van der Waals surface area contributed by atoms with E-state index < -0.39 is 0 Å². The third-order valence-corrected chi connectivity index (χ3v) is 5.26. The molecule has 0 radical (unpaired) electrons. The Morgan fingerprint density at radius 2 is 1.86 bits per heavy atom. The summed E-state index contributed by atoms with van der Waals surface area (Å²) in [5.74, 6) is 1.59. The van der Waals surface area contributed by atoms with Gasteiger partial charge >= 0.3 is 0 Å². The first-order valence-corrected chi connectivity index (χ1v) is 9.54. The molecule has 0 saturated heterocycles. The van der Waals surface area contributed by atoms with E-state index in [-0.39, 0.29) is 24.2 Å². The molecule has 1 N–H and O–H groups in total. The second kappa shape index (κ2) is 7.54. The minimum atomic E-state index is -0.101. The zero-order chi connectivity index (χ0) is 19.7. The summed E-state index contributed by atoms with van der Waals surface area (Å²) in [6.45, 7) is 0.730. The Bertz CT molecular complexity index is 921. The smallest absolute Gasteiger partial charge is 0.230 e. The van der Waals surface area contributed by atoms with Gasteiger partial charge in [0.25, 0.3) is 0 Å². The lowest BCUT2D eigenvalue weighted by Crippen LogP contribution is -2.30. The molecule has 0 aromatic heterocycles. The molecule has 2 aromatic rings. The van der Waals surface area contributed by atoms with Gasteiger partial charge in [-0.1, -0.05) is 6.07 Å². The van der Waals surface area contributed by atoms with Crippen LogP contribution in [-0.2, 0) is 22.4 Å². The minimum absolute atomic E-state index is 0.101. The van der Waals surface area contributed by atoms with Gasteiger partial charge in [-0.05, 0) is 60.7 Å². The number of hydrogen-bond donors (Lipinski definition) is 1. The SMILES string of the molecule is COc1ccc(CC(=O)Nc2ccc3c(c2)CCN3C(=O)C2CC2)cc1OC. The summed E-state index contributed by atoms with van der Waals surface area (Å²) in [4.78, 5) is 26.7. The van der Waals surface area contributed by atoms with Crippen molar-refractivity contribution in [1.82, 2.24) is 0 Å². The van der Waals surface area contributed by atoms with Gasteiger partial charge in [0.1, 0.15) is 0 Å². The van der Waals surface area contributed by atoms with E-state index >= 15 is 0 Å². The van der Waals surface area contributed by atoms with E-state index in [1.165, 1.54) is 0 Å². The largest absolute Gasteiger partial charge is 0.493 e. The van der Waals surface area contributed by atoms with Crippen LogP contribution in [0, 0.1) is 5.92 Å². The molecule has 2 aromatic carbocycles. The van der Waals surface area contributed by atoms with Gasteiger partial charge in [0.05, 0.1) is 20.6 Å². The van der Waals surface area contributed by atoms with Crippen molar-refractivity contribution in [1.29, 1.82) is 0 Å². The molecule has 2 amide bonds. The van der Waals surface area contributed by atoms with Gasteiger partial charge in [0.15, 0.2) is 11.5 Å². The molecule has 0 spiro atoms. The Morgan fingerprint density at radius 3 is 2.57 bits per heavy atom. The zero-order valence-electron chi connectivity index (χ0n) is 16.2. The van der Waals surface area contributed by atoms with E-state index in [0.717, 1.165) is 48.3 Å². The number of carbonyl (C=O) groups is 2. The molecule has 28 heavy (non-hydrogen) atoms. The minimum Gasteiger partial charge on any atom is -0.493 e. The van der Waals surface area contributed by atoms with Gasteiger partial charge in [0.2, 0.25) is 11.8 Å². The predicted octanol–water partition coefficient (Wildman–Crippen LogP) is 3.18. The number of nitrogens with zero attached hydrogens (tertiary/aromatic N) is 1. The number of benzene rings is 2. The van der Waals surface area contributed by atoms with Crippen molar-refractivity contribution >= 4 is 23.2 Å². The Labute approximate surface area is 164 Å². The van der Waals surface area contributed by atoms with Gasteiger partial charge in [-0.3, -0.25) is 9.59 Å². The molecule has 1 aliphatic heterocycles. The number of ether oxygens (including phenoxy) is 2. The van der Waals surface area contributed by atoms with Crippen LogP contribution in [0.15, 0.2) is 36.4 Å². The fraction of sp³-hybridized carbons (Fsp3) is 0.364. The molecule has 1 fully saturated rings. The van der Waals surface area contributed by atoms with E-state index in [2.05, 4.69) is 5.32 Å². The molecule has 0 atom stereocenters. The number of amides is 2. The number of fused-ring (bicyclic) bond motifs is 1. The molecule has 0 unspecified atom stereocenters. The number of rotatable bonds is 6. The lowest BCUT2D eigenvalue weighted by Gasteiger charge is -2.17. The Hall–Kier alpha value is -3.02. The number of carbonyl (C=O) groups excluding carboxylic acids is 2. The van der Waals surface area contributed by atoms with Crippen molar-refractivity contribution in [2.24, 2.45) is 5.92 Å². The normalized spacial score (nSPS) is 15.1. The topological polar surface area (TPSA) is 67.9 Å².